The third-order valence-corrected chi connectivity index (χ3v) is 8.02. The molecule has 3 aliphatic rings. The SMILES string of the molecule is CCCc1ccc(C(=O)[C@@H]2[C@@H](C(C)=O)N3c4ccccc4C=C[C@H]3[C@]23C(=O)Nc2ccccc23)cc1. The molecule has 1 fully saturated rings. The first-order chi connectivity index (χ1) is 17.5. The fraction of sp³-hybridized carbons (Fsp3) is 0.258. The Morgan fingerprint density at radius 3 is 2.44 bits per heavy atom. The van der Waals surface area contributed by atoms with Gasteiger partial charge in [0.1, 0.15) is 5.41 Å². The third kappa shape index (κ3) is 2.98. The summed E-state index contributed by atoms with van der Waals surface area (Å²) in [5.74, 6) is -1.41. The molecule has 6 rings (SSSR count). The van der Waals surface area contributed by atoms with Crippen molar-refractivity contribution >= 4 is 34.9 Å². The number of carbonyl (C=O) groups is 3. The Balaban J connectivity index is 1.60. The molecule has 0 saturated carbocycles. The van der Waals surface area contributed by atoms with Crippen LogP contribution in [0, 0.1) is 5.92 Å². The van der Waals surface area contributed by atoms with E-state index in [2.05, 4.69) is 12.2 Å². The number of rotatable bonds is 5. The molecule has 4 atom stereocenters. The molecule has 1 N–H and O–H groups in total. The molecule has 36 heavy (non-hydrogen) atoms. The zero-order chi connectivity index (χ0) is 25.0. The van der Waals surface area contributed by atoms with E-state index in [1.807, 2.05) is 89.8 Å². The van der Waals surface area contributed by atoms with Crippen molar-refractivity contribution in [2.75, 3.05) is 10.2 Å². The molecule has 5 nitrogen and oxygen atoms in total. The Kier molecular flexibility index (Phi) is 5.18. The summed E-state index contributed by atoms with van der Waals surface area (Å²) in [4.78, 5) is 43.9. The fourth-order valence-electron chi connectivity index (χ4n) is 6.58. The van der Waals surface area contributed by atoms with Crippen LogP contribution in [0.1, 0.15) is 47.3 Å². The van der Waals surface area contributed by atoms with Crippen molar-refractivity contribution in [2.24, 2.45) is 5.92 Å². The molecule has 1 amide bonds. The highest BCUT2D eigenvalue weighted by molar-refractivity contribution is 6.16. The van der Waals surface area contributed by atoms with Gasteiger partial charge in [0.05, 0.1) is 18.0 Å². The fourth-order valence-corrected chi connectivity index (χ4v) is 6.58. The smallest absolute Gasteiger partial charge is 0.238 e. The van der Waals surface area contributed by atoms with Crippen molar-refractivity contribution in [1.29, 1.82) is 0 Å². The second kappa shape index (κ2) is 8.30. The van der Waals surface area contributed by atoms with Gasteiger partial charge in [0.25, 0.3) is 0 Å². The van der Waals surface area contributed by atoms with E-state index in [0.717, 1.165) is 35.2 Å². The predicted octanol–water partition coefficient (Wildman–Crippen LogP) is 5.20. The van der Waals surface area contributed by atoms with Crippen molar-refractivity contribution in [3.63, 3.8) is 0 Å². The monoisotopic (exact) mass is 476 g/mol. The van der Waals surface area contributed by atoms with Crippen LogP contribution in [0.15, 0.2) is 78.9 Å². The highest BCUT2D eigenvalue weighted by Gasteiger charge is 2.69. The van der Waals surface area contributed by atoms with Crippen molar-refractivity contribution in [3.8, 4) is 0 Å². The first-order valence-electron chi connectivity index (χ1n) is 12.6. The average molecular weight is 477 g/mol. The van der Waals surface area contributed by atoms with Crippen LogP contribution in [-0.2, 0) is 21.4 Å². The van der Waals surface area contributed by atoms with Gasteiger partial charge in [-0.3, -0.25) is 14.4 Å². The molecule has 3 heterocycles. The maximum atomic E-state index is 14.4. The second-order valence-corrected chi connectivity index (χ2v) is 9.98. The molecule has 1 spiro atoms. The number of ketones is 2. The number of para-hydroxylation sites is 2. The minimum atomic E-state index is -1.23. The van der Waals surface area contributed by atoms with E-state index < -0.39 is 23.4 Å². The Morgan fingerprint density at radius 1 is 0.972 bits per heavy atom. The molecule has 0 bridgehead atoms. The van der Waals surface area contributed by atoms with Crippen LogP contribution in [-0.4, -0.2) is 29.6 Å². The van der Waals surface area contributed by atoms with Crippen LogP contribution in [0.3, 0.4) is 0 Å². The second-order valence-electron chi connectivity index (χ2n) is 9.98. The molecule has 0 aromatic heterocycles. The number of nitrogens with zero attached hydrogens (tertiary/aromatic N) is 1. The molecule has 3 aliphatic heterocycles. The largest absolute Gasteiger partial charge is 0.352 e. The van der Waals surface area contributed by atoms with Gasteiger partial charge in [-0.25, -0.2) is 0 Å². The number of carbonyl (C=O) groups excluding carboxylic acids is 3. The van der Waals surface area contributed by atoms with E-state index in [0.29, 0.717) is 11.3 Å². The summed E-state index contributed by atoms with van der Waals surface area (Å²) in [7, 11) is 0. The van der Waals surface area contributed by atoms with Gasteiger partial charge in [-0.15, -0.1) is 0 Å². The van der Waals surface area contributed by atoms with Gasteiger partial charge in [0.2, 0.25) is 5.91 Å². The zero-order valence-electron chi connectivity index (χ0n) is 20.4. The Hall–Kier alpha value is -3.99. The molecule has 0 aliphatic carbocycles. The number of benzene rings is 3. The maximum absolute atomic E-state index is 14.4. The predicted molar refractivity (Wildman–Crippen MR) is 141 cm³/mol. The topological polar surface area (TPSA) is 66.5 Å². The summed E-state index contributed by atoms with van der Waals surface area (Å²) < 4.78 is 0. The lowest BCUT2D eigenvalue weighted by Crippen LogP contribution is -2.51. The van der Waals surface area contributed by atoms with Crippen LogP contribution in [0.2, 0.25) is 0 Å². The molecular formula is C31H28N2O3. The van der Waals surface area contributed by atoms with Gasteiger partial charge in [-0.05, 0) is 42.2 Å². The molecule has 3 aromatic rings. The van der Waals surface area contributed by atoms with E-state index in [-0.39, 0.29) is 17.5 Å². The van der Waals surface area contributed by atoms with E-state index in [9.17, 15) is 14.4 Å². The number of amides is 1. The number of fused-ring (bicyclic) bond motifs is 6. The van der Waals surface area contributed by atoms with Crippen molar-refractivity contribution in [3.05, 3.63) is 101 Å². The molecule has 1 saturated heterocycles. The summed E-state index contributed by atoms with van der Waals surface area (Å²) in [6.45, 7) is 3.65. The number of Topliss-reactive ketones (excluding diaryl/α,β-unsaturated/α-hetero) is 2. The van der Waals surface area contributed by atoms with E-state index in [1.165, 1.54) is 6.92 Å². The minimum absolute atomic E-state index is 0.125. The number of hydrogen-bond donors (Lipinski definition) is 1. The first-order valence-corrected chi connectivity index (χ1v) is 12.6. The quantitative estimate of drug-likeness (QED) is 0.514. The zero-order valence-corrected chi connectivity index (χ0v) is 20.4. The molecule has 3 aromatic carbocycles. The van der Waals surface area contributed by atoms with Gasteiger partial charge in [0.15, 0.2) is 11.6 Å². The van der Waals surface area contributed by atoms with Crippen LogP contribution in [0.5, 0.6) is 0 Å². The Labute approximate surface area is 210 Å². The van der Waals surface area contributed by atoms with Crippen LogP contribution < -0.4 is 10.2 Å². The first kappa shape index (κ1) is 22.5. The molecule has 0 unspecified atom stereocenters. The normalized spacial score (nSPS) is 25.3. The lowest BCUT2D eigenvalue weighted by Gasteiger charge is -2.37. The summed E-state index contributed by atoms with van der Waals surface area (Å²) in [6, 6.07) is 21.8. The highest BCUT2D eigenvalue weighted by atomic mass is 16.2. The van der Waals surface area contributed by atoms with Gasteiger partial charge in [-0.2, -0.15) is 0 Å². The number of nitrogens with one attached hydrogen (secondary N) is 1. The van der Waals surface area contributed by atoms with E-state index in [4.69, 9.17) is 0 Å². The highest BCUT2D eigenvalue weighted by Crippen LogP contribution is 2.57. The summed E-state index contributed by atoms with van der Waals surface area (Å²) in [5, 5.41) is 3.05. The standard InChI is InChI=1S/C31H28N2O3/c1-3-8-20-13-15-22(16-14-20)29(35)27-28(19(2)34)33-25-12-7-4-9-21(25)17-18-26(33)31(27)23-10-5-6-11-24(23)32-30(31)36/h4-7,9-18,26-28H,3,8H2,1-2H3,(H,32,36)/t26-,27-,28+,31-/m0/s1. The van der Waals surface area contributed by atoms with Crippen molar-refractivity contribution in [2.45, 2.75) is 44.2 Å². The molecule has 5 heteroatoms. The van der Waals surface area contributed by atoms with Gasteiger partial charge < -0.3 is 10.2 Å². The van der Waals surface area contributed by atoms with Crippen molar-refractivity contribution < 1.29 is 14.4 Å². The lowest BCUT2D eigenvalue weighted by atomic mass is 9.64. The maximum Gasteiger partial charge on any atom is 0.238 e. The van der Waals surface area contributed by atoms with E-state index in [1.54, 1.807) is 0 Å². The lowest BCUT2D eigenvalue weighted by molar-refractivity contribution is -0.122. The van der Waals surface area contributed by atoms with Crippen LogP contribution in [0.25, 0.3) is 6.08 Å². The minimum Gasteiger partial charge on any atom is -0.352 e. The number of aryl methyl sites for hydroxylation is 1. The molecule has 0 radical (unpaired) electrons. The number of anilines is 2. The Morgan fingerprint density at radius 2 is 1.69 bits per heavy atom. The Bertz CT molecular complexity index is 1420. The third-order valence-electron chi connectivity index (χ3n) is 8.02. The van der Waals surface area contributed by atoms with Gasteiger partial charge in [0, 0.05) is 16.9 Å². The van der Waals surface area contributed by atoms with Crippen LogP contribution in [0.4, 0.5) is 11.4 Å². The number of hydrogen-bond acceptors (Lipinski definition) is 4. The van der Waals surface area contributed by atoms with Gasteiger partial charge >= 0.3 is 0 Å². The van der Waals surface area contributed by atoms with E-state index >= 15 is 0 Å². The van der Waals surface area contributed by atoms with Gasteiger partial charge in [-0.1, -0.05) is 86.2 Å². The summed E-state index contributed by atoms with van der Waals surface area (Å²) >= 11 is 0. The summed E-state index contributed by atoms with van der Waals surface area (Å²) in [6.07, 6.45) is 5.96. The van der Waals surface area contributed by atoms with Crippen molar-refractivity contribution in [1.82, 2.24) is 0 Å². The average Bonchev–Trinajstić information content (AvgIpc) is 3.37. The summed E-state index contributed by atoms with van der Waals surface area (Å²) in [5.41, 5.74) is 3.79. The molecular weight excluding hydrogens is 448 g/mol. The van der Waals surface area contributed by atoms with Crippen LogP contribution >= 0.6 is 0 Å². The molecule has 180 valence electrons.